The number of thiazole rings is 1. The van der Waals surface area contributed by atoms with Crippen LogP contribution < -0.4 is 0 Å². The molecule has 0 spiro atoms. The molecule has 15 heavy (non-hydrogen) atoms. The van der Waals surface area contributed by atoms with Crippen LogP contribution in [-0.2, 0) is 6.42 Å². The van der Waals surface area contributed by atoms with Crippen LogP contribution in [0, 0.1) is 6.92 Å². The molecule has 0 fully saturated rings. The average Bonchev–Trinajstić information content (AvgIpc) is 2.66. The Morgan fingerprint density at radius 3 is 2.67 bits per heavy atom. The highest BCUT2D eigenvalue weighted by atomic mass is 32.1. The molecule has 1 heterocycles. The second kappa shape index (κ2) is 4.41. The summed E-state index contributed by atoms with van der Waals surface area (Å²) >= 11 is 1.69. The molecule has 0 bridgehead atoms. The molecule has 0 amide bonds. The normalized spacial score (nSPS) is 10.2. The van der Waals surface area contributed by atoms with Crippen molar-refractivity contribution >= 4 is 11.3 Å². The second-order valence-electron chi connectivity index (χ2n) is 3.46. The molecule has 2 aromatic rings. The van der Waals surface area contributed by atoms with Gasteiger partial charge in [0.15, 0.2) is 0 Å². The van der Waals surface area contributed by atoms with E-state index < -0.39 is 0 Å². The fourth-order valence-corrected chi connectivity index (χ4v) is 2.35. The molecule has 0 aliphatic carbocycles. The van der Waals surface area contributed by atoms with Crippen molar-refractivity contribution < 1.29 is 1.43 Å². The summed E-state index contributed by atoms with van der Waals surface area (Å²) in [6.07, 6.45) is 2.86. The molecule has 2 rings (SSSR count). The standard InChI is InChI=1S/C13H13NS.H2/c1-3-4-11-5-7-12(8-6-11)13-10(2)14-9-15-13;/h3,5-9H,1,4H2,2H3;1H. The molecular weight excluding hydrogens is 202 g/mol. The molecule has 0 N–H and O–H groups in total. The summed E-state index contributed by atoms with van der Waals surface area (Å²) in [4.78, 5) is 5.52. The van der Waals surface area contributed by atoms with E-state index in [1.54, 1.807) is 11.3 Å². The Balaban J connectivity index is 0.00000128. The minimum absolute atomic E-state index is 0. The first-order valence-corrected chi connectivity index (χ1v) is 5.79. The van der Waals surface area contributed by atoms with Crippen LogP contribution >= 0.6 is 11.3 Å². The SMILES string of the molecule is C=CCc1ccc(-c2scnc2C)cc1.[HH]. The first-order chi connectivity index (χ1) is 7.31. The van der Waals surface area contributed by atoms with Crippen LogP contribution in [-0.4, -0.2) is 4.98 Å². The van der Waals surface area contributed by atoms with Crippen LogP contribution in [0.1, 0.15) is 12.7 Å². The van der Waals surface area contributed by atoms with Crippen molar-refractivity contribution in [1.29, 1.82) is 0 Å². The van der Waals surface area contributed by atoms with Gasteiger partial charge in [0.2, 0.25) is 0 Å². The Labute approximate surface area is 95.6 Å². The molecule has 0 atom stereocenters. The van der Waals surface area contributed by atoms with E-state index >= 15 is 0 Å². The third-order valence-electron chi connectivity index (χ3n) is 2.34. The van der Waals surface area contributed by atoms with Gasteiger partial charge in [-0.2, -0.15) is 0 Å². The Bertz CT molecular complexity index is 459. The van der Waals surface area contributed by atoms with Gasteiger partial charge in [-0.15, -0.1) is 17.9 Å². The summed E-state index contributed by atoms with van der Waals surface area (Å²) in [5, 5.41) is 0. The average molecular weight is 217 g/mol. The number of nitrogens with zero attached hydrogens (tertiary/aromatic N) is 1. The first-order valence-electron chi connectivity index (χ1n) is 4.91. The maximum absolute atomic E-state index is 4.25. The van der Waals surface area contributed by atoms with Crippen molar-refractivity contribution in [3.63, 3.8) is 0 Å². The molecule has 0 aliphatic heterocycles. The summed E-state index contributed by atoms with van der Waals surface area (Å²) in [6.45, 7) is 5.78. The van der Waals surface area contributed by atoms with Gasteiger partial charge in [0.25, 0.3) is 0 Å². The van der Waals surface area contributed by atoms with Crippen molar-refractivity contribution in [1.82, 2.24) is 4.98 Å². The van der Waals surface area contributed by atoms with E-state index in [1.807, 2.05) is 18.5 Å². The molecule has 0 radical (unpaired) electrons. The van der Waals surface area contributed by atoms with Crippen molar-refractivity contribution in [2.45, 2.75) is 13.3 Å². The van der Waals surface area contributed by atoms with Crippen LogP contribution in [0.4, 0.5) is 0 Å². The van der Waals surface area contributed by atoms with Crippen LogP contribution in [0.25, 0.3) is 10.4 Å². The number of aromatic nitrogens is 1. The fourth-order valence-electron chi connectivity index (χ4n) is 1.54. The minimum atomic E-state index is 0. The summed E-state index contributed by atoms with van der Waals surface area (Å²) in [7, 11) is 0. The molecule has 1 aromatic heterocycles. The molecule has 0 unspecified atom stereocenters. The molecule has 1 aromatic carbocycles. The van der Waals surface area contributed by atoms with Gasteiger partial charge in [0, 0.05) is 1.43 Å². The van der Waals surface area contributed by atoms with E-state index in [-0.39, 0.29) is 1.43 Å². The molecule has 0 aliphatic rings. The number of benzene rings is 1. The highest BCUT2D eigenvalue weighted by Crippen LogP contribution is 2.27. The summed E-state index contributed by atoms with van der Waals surface area (Å²) in [5.74, 6) is 0. The molecular formula is C13H15NS. The van der Waals surface area contributed by atoms with Gasteiger partial charge >= 0.3 is 0 Å². The number of aryl methyl sites for hydroxylation is 1. The van der Waals surface area contributed by atoms with E-state index in [0.717, 1.165) is 12.1 Å². The predicted molar refractivity (Wildman–Crippen MR) is 68.3 cm³/mol. The lowest BCUT2D eigenvalue weighted by Gasteiger charge is -2.00. The van der Waals surface area contributed by atoms with Gasteiger partial charge in [-0.1, -0.05) is 30.3 Å². The van der Waals surface area contributed by atoms with E-state index in [1.165, 1.54) is 16.0 Å². The Morgan fingerprint density at radius 1 is 1.40 bits per heavy atom. The van der Waals surface area contributed by atoms with Crippen molar-refractivity contribution in [2.75, 3.05) is 0 Å². The maximum Gasteiger partial charge on any atom is 0.0801 e. The Hall–Kier alpha value is -1.41. The van der Waals surface area contributed by atoms with Gasteiger partial charge in [-0.05, 0) is 24.5 Å². The molecule has 2 heteroatoms. The van der Waals surface area contributed by atoms with E-state index in [2.05, 4.69) is 35.8 Å². The lowest BCUT2D eigenvalue weighted by molar-refractivity contribution is 1.26. The van der Waals surface area contributed by atoms with Crippen LogP contribution in [0.3, 0.4) is 0 Å². The zero-order valence-corrected chi connectivity index (χ0v) is 9.55. The molecule has 0 saturated heterocycles. The minimum Gasteiger partial charge on any atom is -0.249 e. The van der Waals surface area contributed by atoms with Gasteiger partial charge in [-0.3, -0.25) is 0 Å². The first kappa shape index (κ1) is 10.1. The lowest BCUT2D eigenvalue weighted by atomic mass is 10.1. The number of allylic oxidation sites excluding steroid dienone is 1. The van der Waals surface area contributed by atoms with Crippen molar-refractivity contribution in [2.24, 2.45) is 0 Å². The third-order valence-corrected chi connectivity index (χ3v) is 3.32. The topological polar surface area (TPSA) is 12.9 Å². The monoisotopic (exact) mass is 217 g/mol. The smallest absolute Gasteiger partial charge is 0.0801 e. The van der Waals surface area contributed by atoms with E-state index in [0.29, 0.717) is 0 Å². The predicted octanol–water partition coefficient (Wildman–Crippen LogP) is 4.09. The third kappa shape index (κ3) is 2.16. The summed E-state index contributed by atoms with van der Waals surface area (Å²) in [6, 6.07) is 8.60. The second-order valence-corrected chi connectivity index (χ2v) is 4.31. The molecule has 78 valence electrons. The number of hydrogen-bond donors (Lipinski definition) is 0. The molecule has 0 saturated carbocycles. The van der Waals surface area contributed by atoms with Gasteiger partial charge in [0.05, 0.1) is 16.1 Å². The maximum atomic E-state index is 4.25. The summed E-state index contributed by atoms with van der Waals surface area (Å²) in [5.41, 5.74) is 5.55. The van der Waals surface area contributed by atoms with E-state index in [4.69, 9.17) is 0 Å². The number of rotatable bonds is 3. The fraction of sp³-hybridized carbons (Fsp3) is 0.154. The van der Waals surface area contributed by atoms with Gasteiger partial charge < -0.3 is 0 Å². The summed E-state index contributed by atoms with van der Waals surface area (Å²) < 4.78 is 0. The van der Waals surface area contributed by atoms with E-state index in [9.17, 15) is 0 Å². The largest absolute Gasteiger partial charge is 0.249 e. The highest BCUT2D eigenvalue weighted by molar-refractivity contribution is 7.13. The van der Waals surface area contributed by atoms with Gasteiger partial charge in [-0.25, -0.2) is 4.98 Å². The van der Waals surface area contributed by atoms with Crippen molar-refractivity contribution in [3.8, 4) is 10.4 Å². The zero-order valence-electron chi connectivity index (χ0n) is 8.73. The van der Waals surface area contributed by atoms with Crippen LogP contribution in [0.15, 0.2) is 42.4 Å². The molecule has 1 nitrogen and oxygen atoms in total. The van der Waals surface area contributed by atoms with Crippen LogP contribution in [0.5, 0.6) is 0 Å². The Morgan fingerprint density at radius 2 is 2.13 bits per heavy atom. The highest BCUT2D eigenvalue weighted by Gasteiger charge is 2.03. The quantitative estimate of drug-likeness (QED) is 0.705. The zero-order chi connectivity index (χ0) is 10.7. The lowest BCUT2D eigenvalue weighted by Crippen LogP contribution is -1.82. The number of hydrogen-bond acceptors (Lipinski definition) is 2. The van der Waals surface area contributed by atoms with Crippen LogP contribution in [0.2, 0.25) is 0 Å². The van der Waals surface area contributed by atoms with Crippen molar-refractivity contribution in [3.05, 3.63) is 53.7 Å². The van der Waals surface area contributed by atoms with Gasteiger partial charge in [0.1, 0.15) is 0 Å². The Kier molecular flexibility index (Phi) is 2.97.